The number of hydrogen-bond donors (Lipinski definition) is 2. The number of furan rings is 1. The maximum atomic E-state index is 12.5. The van der Waals surface area contributed by atoms with Crippen molar-refractivity contribution in [2.24, 2.45) is 0 Å². The molecule has 1 atom stereocenters. The molecule has 0 saturated heterocycles. The summed E-state index contributed by atoms with van der Waals surface area (Å²) in [4.78, 5) is 16.6. The molecule has 1 amide bonds. The third-order valence-electron chi connectivity index (χ3n) is 4.20. The number of nitrogens with zero attached hydrogens (tertiary/aromatic N) is 2. The van der Waals surface area contributed by atoms with Gasteiger partial charge in [-0.1, -0.05) is 42.1 Å². The molecule has 136 valence electrons. The summed E-state index contributed by atoms with van der Waals surface area (Å²) in [5.74, 6) is 1.37. The summed E-state index contributed by atoms with van der Waals surface area (Å²) in [7, 11) is 0. The maximum Gasteiger partial charge on any atom is 0.251 e. The molecule has 4 aromatic rings. The number of thioether (sulfide) groups is 1. The molecule has 6 nitrogen and oxygen atoms in total. The SMILES string of the molecule is C[C@H](NC(=O)c1ccc(CSc2ncn[nH]2)cc1)c1cc2ccccc2o1. The topological polar surface area (TPSA) is 83.8 Å². The van der Waals surface area contributed by atoms with Gasteiger partial charge in [-0.3, -0.25) is 9.89 Å². The van der Waals surface area contributed by atoms with Gasteiger partial charge in [-0.05, 0) is 36.8 Å². The Morgan fingerprint density at radius 1 is 1.22 bits per heavy atom. The van der Waals surface area contributed by atoms with Crippen LogP contribution in [0.15, 0.2) is 70.5 Å². The number of carbonyl (C=O) groups excluding carboxylic acids is 1. The van der Waals surface area contributed by atoms with Crippen LogP contribution in [-0.2, 0) is 5.75 Å². The number of H-pyrrole nitrogens is 1. The van der Waals surface area contributed by atoms with E-state index in [4.69, 9.17) is 4.42 Å². The number of benzene rings is 2. The van der Waals surface area contributed by atoms with E-state index in [0.717, 1.165) is 33.2 Å². The number of fused-ring (bicyclic) bond motifs is 1. The third-order valence-corrected chi connectivity index (χ3v) is 5.15. The molecule has 4 rings (SSSR count). The molecule has 0 bridgehead atoms. The van der Waals surface area contributed by atoms with Crippen molar-refractivity contribution in [3.05, 3.63) is 77.8 Å². The molecule has 0 spiro atoms. The van der Waals surface area contributed by atoms with Gasteiger partial charge < -0.3 is 9.73 Å². The lowest BCUT2D eigenvalue weighted by Gasteiger charge is -2.11. The molecule has 0 aliphatic rings. The lowest BCUT2D eigenvalue weighted by Crippen LogP contribution is -2.26. The Labute approximate surface area is 160 Å². The van der Waals surface area contributed by atoms with Gasteiger partial charge in [0.1, 0.15) is 17.7 Å². The number of hydrogen-bond acceptors (Lipinski definition) is 5. The van der Waals surface area contributed by atoms with Gasteiger partial charge in [0.05, 0.1) is 6.04 Å². The van der Waals surface area contributed by atoms with E-state index in [1.54, 1.807) is 11.8 Å². The van der Waals surface area contributed by atoms with Crippen LogP contribution in [0.1, 0.15) is 34.6 Å². The first-order valence-corrected chi connectivity index (χ1v) is 9.54. The van der Waals surface area contributed by atoms with Gasteiger partial charge in [-0.2, -0.15) is 5.10 Å². The van der Waals surface area contributed by atoms with Crippen molar-refractivity contribution in [3.8, 4) is 0 Å². The van der Waals surface area contributed by atoms with E-state index in [1.807, 2.05) is 61.5 Å². The number of amides is 1. The molecular formula is C20H18N4O2S. The second-order valence-corrected chi connectivity index (χ2v) is 7.12. The Balaban J connectivity index is 1.38. The highest BCUT2D eigenvalue weighted by molar-refractivity contribution is 7.98. The van der Waals surface area contributed by atoms with Crippen molar-refractivity contribution in [1.82, 2.24) is 20.5 Å². The first-order valence-electron chi connectivity index (χ1n) is 8.55. The quantitative estimate of drug-likeness (QED) is 0.488. The highest BCUT2D eigenvalue weighted by Gasteiger charge is 2.15. The fourth-order valence-electron chi connectivity index (χ4n) is 2.73. The van der Waals surface area contributed by atoms with Crippen molar-refractivity contribution in [3.63, 3.8) is 0 Å². The molecule has 2 N–H and O–H groups in total. The van der Waals surface area contributed by atoms with E-state index in [-0.39, 0.29) is 11.9 Å². The van der Waals surface area contributed by atoms with Gasteiger partial charge in [-0.25, -0.2) is 4.98 Å². The average Bonchev–Trinajstić information content (AvgIpc) is 3.36. The first-order chi connectivity index (χ1) is 13.2. The van der Waals surface area contributed by atoms with Gasteiger partial charge in [0.2, 0.25) is 0 Å². The summed E-state index contributed by atoms with van der Waals surface area (Å²) >= 11 is 1.56. The monoisotopic (exact) mass is 378 g/mol. The van der Waals surface area contributed by atoms with Gasteiger partial charge in [0.15, 0.2) is 5.16 Å². The first kappa shape index (κ1) is 17.4. The Bertz CT molecular complexity index is 1010. The van der Waals surface area contributed by atoms with Crippen LogP contribution in [0.4, 0.5) is 0 Å². The number of nitrogens with one attached hydrogen (secondary N) is 2. The van der Waals surface area contributed by atoms with E-state index >= 15 is 0 Å². The molecule has 0 saturated carbocycles. The predicted molar refractivity (Wildman–Crippen MR) is 104 cm³/mol. The second kappa shape index (κ2) is 7.67. The van der Waals surface area contributed by atoms with Gasteiger partial charge in [0, 0.05) is 16.7 Å². The maximum absolute atomic E-state index is 12.5. The zero-order chi connectivity index (χ0) is 18.6. The van der Waals surface area contributed by atoms with Crippen molar-refractivity contribution in [2.75, 3.05) is 0 Å². The third kappa shape index (κ3) is 4.03. The summed E-state index contributed by atoms with van der Waals surface area (Å²) in [6, 6.07) is 17.1. The summed E-state index contributed by atoms with van der Waals surface area (Å²) in [6.45, 7) is 1.91. The van der Waals surface area contributed by atoms with E-state index < -0.39 is 0 Å². The van der Waals surface area contributed by atoms with Crippen LogP contribution >= 0.6 is 11.8 Å². The van der Waals surface area contributed by atoms with Crippen LogP contribution in [-0.4, -0.2) is 21.1 Å². The Hall–Kier alpha value is -3.06. The Morgan fingerprint density at radius 2 is 2.04 bits per heavy atom. The summed E-state index contributed by atoms with van der Waals surface area (Å²) < 4.78 is 5.82. The standard InChI is InChI=1S/C20H18N4O2S/c1-13(18-10-16-4-2-3-5-17(16)26-18)23-19(25)15-8-6-14(7-9-15)11-27-20-21-12-22-24-20/h2-10,12-13H,11H2,1H3,(H,23,25)(H,21,22,24)/t13-/m0/s1. The summed E-state index contributed by atoms with van der Waals surface area (Å²) in [5, 5.41) is 11.4. The smallest absolute Gasteiger partial charge is 0.251 e. The van der Waals surface area contributed by atoms with Crippen LogP contribution in [0.2, 0.25) is 0 Å². The van der Waals surface area contributed by atoms with Crippen molar-refractivity contribution in [2.45, 2.75) is 23.9 Å². The molecule has 0 fully saturated rings. The zero-order valence-electron chi connectivity index (χ0n) is 14.7. The van der Waals surface area contributed by atoms with Gasteiger partial charge in [-0.15, -0.1) is 0 Å². The van der Waals surface area contributed by atoms with E-state index in [9.17, 15) is 4.79 Å². The highest BCUT2D eigenvalue weighted by Crippen LogP contribution is 2.24. The number of para-hydroxylation sites is 1. The van der Waals surface area contributed by atoms with Gasteiger partial charge >= 0.3 is 0 Å². The van der Waals surface area contributed by atoms with Crippen LogP contribution in [0.5, 0.6) is 0 Å². The number of carbonyl (C=O) groups is 1. The van der Waals surface area contributed by atoms with Crippen LogP contribution < -0.4 is 5.32 Å². The zero-order valence-corrected chi connectivity index (χ0v) is 15.5. The normalized spacial score (nSPS) is 12.2. The molecule has 0 aliphatic carbocycles. The molecule has 0 unspecified atom stereocenters. The lowest BCUT2D eigenvalue weighted by molar-refractivity contribution is 0.0935. The number of aromatic nitrogens is 3. The number of aromatic amines is 1. The Kier molecular flexibility index (Phi) is 4.93. The van der Waals surface area contributed by atoms with E-state index in [2.05, 4.69) is 20.5 Å². The van der Waals surface area contributed by atoms with Crippen molar-refractivity contribution in [1.29, 1.82) is 0 Å². The highest BCUT2D eigenvalue weighted by atomic mass is 32.2. The Morgan fingerprint density at radius 3 is 2.78 bits per heavy atom. The minimum absolute atomic E-state index is 0.127. The fourth-order valence-corrected chi connectivity index (χ4v) is 3.47. The van der Waals surface area contributed by atoms with Crippen molar-refractivity contribution < 1.29 is 9.21 Å². The molecule has 2 aromatic carbocycles. The van der Waals surface area contributed by atoms with Gasteiger partial charge in [0.25, 0.3) is 5.91 Å². The molecule has 0 aliphatic heterocycles. The van der Waals surface area contributed by atoms with Crippen LogP contribution in [0.3, 0.4) is 0 Å². The molecule has 7 heteroatoms. The molecule has 2 aromatic heterocycles. The molecule has 27 heavy (non-hydrogen) atoms. The second-order valence-electron chi connectivity index (χ2n) is 6.16. The van der Waals surface area contributed by atoms with Crippen molar-refractivity contribution >= 4 is 28.6 Å². The fraction of sp³-hybridized carbons (Fsp3) is 0.150. The molecule has 2 heterocycles. The predicted octanol–water partition coefficient (Wildman–Crippen LogP) is 4.33. The largest absolute Gasteiger partial charge is 0.459 e. The van der Waals surface area contributed by atoms with Crippen LogP contribution in [0, 0.1) is 0 Å². The van der Waals surface area contributed by atoms with E-state index in [0.29, 0.717) is 5.56 Å². The average molecular weight is 378 g/mol. The number of rotatable bonds is 6. The summed E-state index contributed by atoms with van der Waals surface area (Å²) in [6.07, 6.45) is 1.49. The minimum atomic E-state index is -0.216. The summed E-state index contributed by atoms with van der Waals surface area (Å²) in [5.41, 5.74) is 2.55. The minimum Gasteiger partial charge on any atom is -0.459 e. The molecule has 0 radical (unpaired) electrons. The van der Waals surface area contributed by atoms with Crippen LogP contribution in [0.25, 0.3) is 11.0 Å². The molecular weight excluding hydrogens is 360 g/mol. The lowest BCUT2D eigenvalue weighted by atomic mass is 10.1. The van der Waals surface area contributed by atoms with E-state index in [1.165, 1.54) is 6.33 Å².